The maximum atomic E-state index is 14.0. The fourth-order valence-corrected chi connectivity index (χ4v) is 6.46. The lowest BCUT2D eigenvalue weighted by molar-refractivity contribution is 0.106. The highest BCUT2D eigenvalue weighted by molar-refractivity contribution is 4.96. The van der Waals surface area contributed by atoms with Gasteiger partial charge in [0.2, 0.25) is 0 Å². The van der Waals surface area contributed by atoms with E-state index >= 15 is 0 Å². The molecule has 66 heavy (non-hydrogen) atoms. The summed E-state index contributed by atoms with van der Waals surface area (Å²) in [6, 6.07) is 0. The fraction of sp³-hybridized carbons (Fsp3) is 0.385. The third kappa shape index (κ3) is 9.59. The van der Waals surface area contributed by atoms with Gasteiger partial charge in [-0.2, -0.15) is 0 Å². The monoisotopic (exact) mass is 912 g/mol. The highest BCUT2D eigenvalue weighted by atomic mass is 16.3. The van der Waals surface area contributed by atoms with Crippen molar-refractivity contribution in [2.45, 2.75) is 96.8 Å². The number of nitrogens with zero attached hydrogens (tertiary/aromatic N) is 12. The van der Waals surface area contributed by atoms with Gasteiger partial charge in [0.05, 0.1) is 96.8 Å². The Balaban J connectivity index is 1.91. The van der Waals surface area contributed by atoms with Crippen molar-refractivity contribution in [3.05, 3.63) is 126 Å². The van der Waals surface area contributed by atoms with Crippen LogP contribution < -0.4 is 68.3 Å². The Bertz CT molecular complexity index is 3070. The quantitative estimate of drug-likeness (QED) is 0.0781. The van der Waals surface area contributed by atoms with Gasteiger partial charge in [-0.05, 0) is 0 Å². The number of rotatable bonds is 18. The SMILES string of the molecule is C#CCn1c(=O)n(CC#C)c(=O)n(CC(O)Cn2c(=O)n(CC(O)Cn3c(=O)n(CC#C)c(=O)n(CC#C)c3=O)c(=O)n(CC(O)Cn3c(=O)n(CC#C)c(=O)n(CC#C)c3=O)c2=O)c1=O. The first-order valence-corrected chi connectivity index (χ1v) is 18.7. The molecule has 27 nitrogen and oxygen atoms in total. The molecule has 27 heteroatoms. The zero-order valence-electron chi connectivity index (χ0n) is 34.3. The van der Waals surface area contributed by atoms with Gasteiger partial charge in [-0.1, -0.05) is 35.5 Å². The van der Waals surface area contributed by atoms with Crippen LogP contribution in [0.15, 0.2) is 57.5 Å². The van der Waals surface area contributed by atoms with E-state index in [2.05, 4.69) is 0 Å². The molecule has 0 aliphatic heterocycles. The molecular weight excluding hydrogens is 876 g/mol. The van der Waals surface area contributed by atoms with E-state index in [0.717, 1.165) is 0 Å². The van der Waals surface area contributed by atoms with E-state index < -0.39 is 165 Å². The lowest BCUT2D eigenvalue weighted by Crippen LogP contribution is -2.59. The minimum atomic E-state index is -2.11. The van der Waals surface area contributed by atoms with Crippen molar-refractivity contribution in [1.29, 1.82) is 0 Å². The Morgan fingerprint density at radius 3 is 0.485 bits per heavy atom. The van der Waals surface area contributed by atoms with Gasteiger partial charge in [-0.3, -0.25) is 0 Å². The van der Waals surface area contributed by atoms with Crippen molar-refractivity contribution >= 4 is 0 Å². The molecule has 0 amide bonds. The van der Waals surface area contributed by atoms with Crippen LogP contribution in [0.2, 0.25) is 0 Å². The van der Waals surface area contributed by atoms with Gasteiger partial charge in [-0.15, -0.1) is 38.5 Å². The summed E-state index contributed by atoms with van der Waals surface area (Å²) >= 11 is 0. The predicted octanol–water partition coefficient (Wildman–Crippen LogP) is -10.4. The van der Waals surface area contributed by atoms with E-state index in [1.54, 1.807) is 0 Å². The Morgan fingerprint density at radius 1 is 0.258 bits per heavy atom. The summed E-state index contributed by atoms with van der Waals surface area (Å²) in [6.45, 7) is -10.8. The van der Waals surface area contributed by atoms with Crippen LogP contribution in [0.1, 0.15) is 0 Å². The van der Waals surface area contributed by atoms with Gasteiger partial charge in [0.1, 0.15) is 0 Å². The molecule has 0 aromatic carbocycles. The van der Waals surface area contributed by atoms with E-state index in [-0.39, 0.29) is 13.7 Å². The van der Waals surface area contributed by atoms with Crippen molar-refractivity contribution < 1.29 is 15.3 Å². The maximum absolute atomic E-state index is 14.0. The number of terminal acetylenes is 6. The van der Waals surface area contributed by atoms with Crippen molar-refractivity contribution in [2.24, 2.45) is 0 Å². The minimum absolute atomic E-state index is 0.145. The molecule has 0 saturated heterocycles. The first-order valence-electron chi connectivity index (χ1n) is 18.7. The summed E-state index contributed by atoms with van der Waals surface area (Å²) in [4.78, 5) is 159. The molecule has 0 aliphatic carbocycles. The highest BCUT2D eigenvalue weighted by Gasteiger charge is 2.26. The van der Waals surface area contributed by atoms with Gasteiger partial charge in [0.15, 0.2) is 0 Å². The third-order valence-corrected chi connectivity index (χ3v) is 9.40. The van der Waals surface area contributed by atoms with E-state index in [4.69, 9.17) is 38.5 Å². The Morgan fingerprint density at radius 2 is 0.364 bits per heavy atom. The van der Waals surface area contributed by atoms with E-state index in [1.165, 1.54) is 0 Å². The third-order valence-electron chi connectivity index (χ3n) is 9.40. The average Bonchev–Trinajstić information content (AvgIpc) is 3.28. The molecule has 0 saturated carbocycles. The van der Waals surface area contributed by atoms with Crippen molar-refractivity contribution in [3.8, 4) is 74.1 Å². The number of hydrogen-bond acceptors (Lipinski definition) is 15. The van der Waals surface area contributed by atoms with Crippen LogP contribution in [0.5, 0.6) is 0 Å². The van der Waals surface area contributed by atoms with Gasteiger partial charge in [0, 0.05) is 0 Å². The summed E-state index contributed by atoms with van der Waals surface area (Å²) in [5.41, 5.74) is -16.5. The summed E-state index contributed by atoms with van der Waals surface area (Å²) in [7, 11) is 0. The van der Waals surface area contributed by atoms with Gasteiger partial charge in [0.25, 0.3) is 0 Å². The van der Waals surface area contributed by atoms with Gasteiger partial charge >= 0.3 is 68.3 Å². The molecular formula is C39H36N12O15. The summed E-state index contributed by atoms with van der Waals surface area (Å²) in [6.07, 6.45) is 25.3. The van der Waals surface area contributed by atoms with Crippen LogP contribution >= 0.6 is 0 Å². The smallest absolute Gasteiger partial charge is 0.338 e. The normalized spacial score (nSPS) is 12.1. The molecule has 0 fully saturated rings. The number of hydrogen-bond donors (Lipinski definition) is 3. The molecule has 4 aromatic rings. The maximum Gasteiger partial charge on any atom is 0.338 e. The van der Waals surface area contributed by atoms with E-state index in [1.807, 2.05) is 35.5 Å². The zero-order valence-corrected chi connectivity index (χ0v) is 34.3. The first-order chi connectivity index (χ1) is 31.3. The molecule has 4 heterocycles. The van der Waals surface area contributed by atoms with Crippen LogP contribution in [0.4, 0.5) is 0 Å². The Hall–Kier alpha value is -9.12. The molecule has 0 bridgehead atoms. The molecule has 4 aromatic heterocycles. The molecule has 3 unspecified atom stereocenters. The van der Waals surface area contributed by atoms with Crippen molar-refractivity contribution in [3.63, 3.8) is 0 Å². The lowest BCUT2D eigenvalue weighted by Gasteiger charge is -2.20. The second kappa shape index (κ2) is 20.8. The lowest BCUT2D eigenvalue weighted by atomic mass is 10.3. The van der Waals surface area contributed by atoms with Gasteiger partial charge in [-0.25, -0.2) is 112 Å². The predicted molar refractivity (Wildman–Crippen MR) is 228 cm³/mol. The molecule has 4 rings (SSSR count). The molecule has 0 spiro atoms. The van der Waals surface area contributed by atoms with Crippen molar-refractivity contribution in [2.75, 3.05) is 0 Å². The Kier molecular flexibility index (Phi) is 15.6. The van der Waals surface area contributed by atoms with Crippen LogP contribution in [0, 0.1) is 74.1 Å². The van der Waals surface area contributed by atoms with Crippen LogP contribution in [-0.4, -0.2) is 88.4 Å². The van der Waals surface area contributed by atoms with E-state index in [9.17, 15) is 72.9 Å². The molecule has 3 N–H and O–H groups in total. The largest absolute Gasteiger partial charge is 0.389 e. The summed E-state index contributed by atoms with van der Waals surface area (Å²) in [5.74, 6) is 12.2. The van der Waals surface area contributed by atoms with Crippen LogP contribution in [0.25, 0.3) is 0 Å². The van der Waals surface area contributed by atoms with Crippen molar-refractivity contribution in [1.82, 2.24) is 54.8 Å². The summed E-state index contributed by atoms with van der Waals surface area (Å²) in [5, 5.41) is 33.5. The highest BCUT2D eigenvalue weighted by Crippen LogP contribution is 1.95. The second-order valence-corrected chi connectivity index (χ2v) is 13.8. The standard InChI is InChI=1S/C39H36N12O15/c1-7-13-40-28(55)41(14-8-2)32(59)46(31(40)58)19-25(52)22-49-37(64)50(23-26(53)20-47-33(60)42(15-9-3)29(56)43(16-10-4)34(47)61)39(66)51(38(49)65)24-27(54)21-48-35(62)44(17-11-5)30(57)45(18-12-6)36(48)63/h1-6,25-27,52-54H,13-24H2. The number of aliphatic hydroxyl groups is 3. The minimum Gasteiger partial charge on any atom is -0.389 e. The topological polar surface area (TPSA) is 325 Å². The van der Waals surface area contributed by atoms with Crippen LogP contribution in [0.3, 0.4) is 0 Å². The van der Waals surface area contributed by atoms with Crippen LogP contribution in [-0.2, 0) is 78.5 Å². The first kappa shape index (κ1) is 49.5. The molecule has 0 radical (unpaired) electrons. The van der Waals surface area contributed by atoms with Gasteiger partial charge < -0.3 is 15.3 Å². The zero-order chi connectivity index (χ0) is 49.3. The molecule has 0 aliphatic rings. The molecule has 3 atom stereocenters. The number of aliphatic hydroxyl groups excluding tert-OH is 3. The number of aromatic nitrogens is 12. The summed E-state index contributed by atoms with van der Waals surface area (Å²) < 4.78 is 3.88. The second-order valence-electron chi connectivity index (χ2n) is 13.8. The van der Waals surface area contributed by atoms with E-state index in [0.29, 0.717) is 41.1 Å². The molecule has 342 valence electrons. The fourth-order valence-electron chi connectivity index (χ4n) is 6.46. The average molecular weight is 913 g/mol. The Labute approximate surface area is 366 Å².